The number of carbonyl (C=O) groups is 1. The van der Waals surface area contributed by atoms with Crippen LogP contribution in [-0.2, 0) is 17.9 Å². The highest BCUT2D eigenvalue weighted by molar-refractivity contribution is 9.10. The summed E-state index contributed by atoms with van der Waals surface area (Å²) in [5.41, 5.74) is 0.986. The van der Waals surface area contributed by atoms with Gasteiger partial charge in [0.25, 0.3) is 5.89 Å². The van der Waals surface area contributed by atoms with Gasteiger partial charge >= 0.3 is 5.76 Å². The maximum absolute atomic E-state index is 12.3. The van der Waals surface area contributed by atoms with Gasteiger partial charge in [0.05, 0.1) is 4.88 Å². The highest BCUT2D eigenvalue weighted by Gasteiger charge is 2.17. The normalized spacial score (nSPS) is 10.8. The van der Waals surface area contributed by atoms with Crippen LogP contribution in [0.3, 0.4) is 0 Å². The predicted octanol–water partition coefficient (Wildman–Crippen LogP) is 2.99. The van der Waals surface area contributed by atoms with E-state index in [2.05, 4.69) is 21.0 Å². The third kappa shape index (κ3) is 3.65. The van der Waals surface area contributed by atoms with Crippen LogP contribution in [0.15, 0.2) is 55.5 Å². The van der Waals surface area contributed by atoms with Crippen LogP contribution in [0.4, 0.5) is 0 Å². The molecule has 0 aliphatic heterocycles. The number of aromatic nitrogens is 2. The predicted molar refractivity (Wildman–Crippen MR) is 94.7 cm³/mol. The van der Waals surface area contributed by atoms with Crippen LogP contribution >= 0.6 is 27.3 Å². The van der Waals surface area contributed by atoms with Crippen LogP contribution in [0.5, 0.6) is 0 Å². The first-order valence-electron chi connectivity index (χ1n) is 7.14. The van der Waals surface area contributed by atoms with Crippen molar-refractivity contribution in [3.8, 4) is 10.8 Å². The minimum atomic E-state index is -0.638. The first-order valence-corrected chi connectivity index (χ1v) is 8.81. The zero-order chi connectivity index (χ0) is 17.1. The van der Waals surface area contributed by atoms with Gasteiger partial charge in [0.1, 0.15) is 6.54 Å². The Morgan fingerprint density at radius 1 is 1.33 bits per heavy atom. The minimum Gasteiger partial charge on any atom is -0.387 e. The number of hydrogen-bond donors (Lipinski definition) is 0. The molecule has 2 heterocycles. The van der Waals surface area contributed by atoms with Gasteiger partial charge < -0.3 is 9.32 Å². The van der Waals surface area contributed by atoms with Gasteiger partial charge in [0.2, 0.25) is 5.91 Å². The van der Waals surface area contributed by atoms with Crippen molar-refractivity contribution >= 4 is 33.2 Å². The number of likely N-dealkylation sites (N-methyl/N-ethyl adjacent to an activating group) is 1. The van der Waals surface area contributed by atoms with Crippen molar-refractivity contribution in [3.63, 3.8) is 0 Å². The zero-order valence-corrected chi connectivity index (χ0v) is 15.2. The van der Waals surface area contributed by atoms with Gasteiger partial charge in [-0.15, -0.1) is 16.4 Å². The molecule has 124 valence electrons. The molecule has 3 aromatic rings. The zero-order valence-electron chi connectivity index (χ0n) is 12.8. The monoisotopic (exact) mass is 407 g/mol. The third-order valence-corrected chi connectivity index (χ3v) is 5.05. The lowest BCUT2D eigenvalue weighted by Gasteiger charge is -2.17. The SMILES string of the molecule is CN(Cc1ccccc1Br)C(=O)Cn1nc(-c2cccs2)oc1=O. The number of benzene rings is 1. The van der Waals surface area contributed by atoms with Crippen molar-refractivity contribution < 1.29 is 9.21 Å². The summed E-state index contributed by atoms with van der Waals surface area (Å²) in [6, 6.07) is 11.3. The average molecular weight is 408 g/mol. The van der Waals surface area contributed by atoms with Gasteiger partial charge in [-0.1, -0.05) is 40.2 Å². The molecular weight excluding hydrogens is 394 g/mol. The maximum atomic E-state index is 12.3. The Labute approximate surface area is 150 Å². The second-order valence-corrected chi connectivity index (χ2v) is 6.95. The highest BCUT2D eigenvalue weighted by atomic mass is 79.9. The molecule has 0 saturated heterocycles. The number of amides is 1. The second kappa shape index (κ2) is 7.14. The molecule has 0 N–H and O–H groups in total. The van der Waals surface area contributed by atoms with E-state index in [-0.39, 0.29) is 18.3 Å². The van der Waals surface area contributed by atoms with E-state index in [1.165, 1.54) is 11.3 Å². The molecule has 0 unspecified atom stereocenters. The molecule has 1 aromatic carbocycles. The Balaban J connectivity index is 1.71. The smallest absolute Gasteiger partial charge is 0.387 e. The van der Waals surface area contributed by atoms with Crippen LogP contribution in [-0.4, -0.2) is 27.6 Å². The molecule has 0 bridgehead atoms. The topological polar surface area (TPSA) is 68.3 Å². The molecule has 6 nitrogen and oxygen atoms in total. The second-order valence-electron chi connectivity index (χ2n) is 5.15. The maximum Gasteiger partial charge on any atom is 0.437 e. The fourth-order valence-electron chi connectivity index (χ4n) is 2.13. The van der Waals surface area contributed by atoms with Crippen molar-refractivity contribution in [2.75, 3.05) is 7.05 Å². The fraction of sp³-hybridized carbons (Fsp3) is 0.188. The summed E-state index contributed by atoms with van der Waals surface area (Å²) < 4.78 is 7.09. The minimum absolute atomic E-state index is 0.158. The van der Waals surface area contributed by atoms with Crippen molar-refractivity contribution in [2.24, 2.45) is 0 Å². The standard InChI is InChI=1S/C16H14BrN3O3S/c1-19(9-11-5-2-3-6-12(11)17)14(21)10-20-16(22)23-15(18-20)13-7-4-8-24-13/h2-8H,9-10H2,1H3. The summed E-state index contributed by atoms with van der Waals surface area (Å²) >= 11 is 4.88. The van der Waals surface area contributed by atoms with E-state index < -0.39 is 5.76 Å². The van der Waals surface area contributed by atoms with E-state index in [1.54, 1.807) is 18.0 Å². The van der Waals surface area contributed by atoms with Gasteiger partial charge in [-0.25, -0.2) is 4.79 Å². The number of carbonyl (C=O) groups excluding carboxylic acids is 1. The summed E-state index contributed by atoms with van der Waals surface area (Å²) in [6.45, 7) is 0.277. The van der Waals surface area contributed by atoms with Crippen LogP contribution in [0, 0.1) is 0 Å². The molecule has 3 rings (SSSR count). The number of rotatable bonds is 5. The largest absolute Gasteiger partial charge is 0.437 e. The van der Waals surface area contributed by atoms with E-state index in [0.29, 0.717) is 6.54 Å². The summed E-state index contributed by atoms with van der Waals surface area (Å²) in [4.78, 5) is 26.5. The van der Waals surface area contributed by atoms with Crippen LogP contribution in [0.25, 0.3) is 10.8 Å². The molecule has 0 aliphatic rings. The van der Waals surface area contributed by atoms with Gasteiger partial charge in [-0.05, 0) is 23.1 Å². The number of thiophene rings is 1. The van der Waals surface area contributed by atoms with E-state index in [1.807, 2.05) is 35.7 Å². The highest BCUT2D eigenvalue weighted by Crippen LogP contribution is 2.21. The molecule has 8 heteroatoms. The molecule has 0 radical (unpaired) electrons. The van der Waals surface area contributed by atoms with E-state index >= 15 is 0 Å². The Kier molecular flexibility index (Phi) is 4.96. The Bertz CT molecular complexity index is 901. The molecule has 0 aliphatic carbocycles. The van der Waals surface area contributed by atoms with Crippen LogP contribution in [0.1, 0.15) is 5.56 Å². The van der Waals surface area contributed by atoms with Crippen molar-refractivity contribution in [2.45, 2.75) is 13.1 Å². The number of halogens is 1. The van der Waals surface area contributed by atoms with Crippen molar-refractivity contribution in [1.29, 1.82) is 0 Å². The van der Waals surface area contributed by atoms with Gasteiger partial charge in [-0.2, -0.15) is 4.68 Å². The first-order chi connectivity index (χ1) is 11.5. The van der Waals surface area contributed by atoms with Crippen LogP contribution in [0.2, 0.25) is 0 Å². The van der Waals surface area contributed by atoms with E-state index in [4.69, 9.17) is 4.42 Å². The third-order valence-electron chi connectivity index (χ3n) is 3.41. The Hall–Kier alpha value is -2.19. The lowest BCUT2D eigenvalue weighted by atomic mass is 10.2. The fourth-order valence-corrected chi connectivity index (χ4v) is 3.18. The summed E-state index contributed by atoms with van der Waals surface area (Å²) in [5, 5.41) is 5.96. The lowest BCUT2D eigenvalue weighted by Crippen LogP contribution is -2.33. The van der Waals surface area contributed by atoms with E-state index in [9.17, 15) is 9.59 Å². The molecule has 0 fully saturated rings. The van der Waals surface area contributed by atoms with E-state index in [0.717, 1.165) is 19.6 Å². The lowest BCUT2D eigenvalue weighted by molar-refractivity contribution is -0.131. The molecular formula is C16H14BrN3O3S. The first kappa shape index (κ1) is 16.7. The molecule has 0 saturated carbocycles. The Morgan fingerprint density at radius 2 is 2.12 bits per heavy atom. The summed E-state index contributed by atoms with van der Waals surface area (Å²) in [5.74, 6) is -0.629. The van der Waals surface area contributed by atoms with Gasteiger partial charge in [0.15, 0.2) is 0 Å². The number of hydrogen-bond acceptors (Lipinski definition) is 5. The Morgan fingerprint density at radius 3 is 2.83 bits per heavy atom. The van der Waals surface area contributed by atoms with Gasteiger partial charge in [-0.3, -0.25) is 4.79 Å². The number of nitrogens with zero attached hydrogens (tertiary/aromatic N) is 3. The summed E-state index contributed by atoms with van der Waals surface area (Å²) in [7, 11) is 1.69. The molecule has 24 heavy (non-hydrogen) atoms. The molecule has 1 amide bonds. The molecule has 0 spiro atoms. The molecule has 0 atom stereocenters. The molecule has 2 aromatic heterocycles. The van der Waals surface area contributed by atoms with Gasteiger partial charge in [0, 0.05) is 18.1 Å². The van der Waals surface area contributed by atoms with Crippen molar-refractivity contribution in [3.05, 3.63) is 62.4 Å². The quantitative estimate of drug-likeness (QED) is 0.651. The van der Waals surface area contributed by atoms with Crippen LogP contribution < -0.4 is 5.76 Å². The van der Waals surface area contributed by atoms with Crippen molar-refractivity contribution in [1.82, 2.24) is 14.7 Å². The summed E-state index contributed by atoms with van der Waals surface area (Å²) in [6.07, 6.45) is 0. The average Bonchev–Trinajstić information content (AvgIpc) is 3.20.